The van der Waals surface area contributed by atoms with Crippen LogP contribution in [0.1, 0.15) is 33.6 Å². The molecule has 0 aromatic carbocycles. The molecule has 1 aliphatic rings. The average molecular weight is 228 g/mol. The molecule has 3 atom stereocenters. The molecule has 0 aliphatic carbocycles. The number of hydrogen-bond acceptors (Lipinski definition) is 3. The van der Waals surface area contributed by atoms with Crippen molar-refractivity contribution in [2.45, 2.75) is 39.7 Å². The first-order valence-corrected chi connectivity index (χ1v) is 6.56. The second-order valence-corrected chi connectivity index (χ2v) is 5.76. The summed E-state index contributed by atoms with van der Waals surface area (Å²) in [6.07, 6.45) is 2.04. The summed E-state index contributed by atoms with van der Waals surface area (Å²) in [5.74, 6) is 0.421. The van der Waals surface area contributed by atoms with Gasteiger partial charge in [-0.1, -0.05) is 20.8 Å². The Morgan fingerprint density at radius 3 is 2.69 bits per heavy atom. The zero-order valence-corrected chi connectivity index (χ0v) is 11.3. The number of rotatable bonds is 5. The van der Waals surface area contributed by atoms with Crippen LogP contribution in [-0.2, 0) is 0 Å². The van der Waals surface area contributed by atoms with Crippen LogP contribution >= 0.6 is 0 Å². The fourth-order valence-electron chi connectivity index (χ4n) is 2.62. The van der Waals surface area contributed by atoms with Gasteiger partial charge in [-0.25, -0.2) is 0 Å². The Morgan fingerprint density at radius 1 is 1.50 bits per heavy atom. The van der Waals surface area contributed by atoms with Gasteiger partial charge in [-0.2, -0.15) is 0 Å². The van der Waals surface area contributed by atoms with Gasteiger partial charge in [0, 0.05) is 26.2 Å². The monoisotopic (exact) mass is 228 g/mol. The molecule has 1 aliphatic heterocycles. The molecule has 0 radical (unpaired) electrons. The Bertz CT molecular complexity index is 210. The molecule has 0 saturated carbocycles. The first-order chi connectivity index (χ1) is 7.50. The zero-order valence-electron chi connectivity index (χ0n) is 11.3. The number of aliphatic hydroxyl groups is 1. The quantitative estimate of drug-likeness (QED) is 0.745. The van der Waals surface area contributed by atoms with Crippen LogP contribution in [-0.4, -0.2) is 49.3 Å². The van der Waals surface area contributed by atoms with E-state index < -0.39 is 0 Å². The largest absolute Gasteiger partial charge is 0.393 e. The van der Waals surface area contributed by atoms with Gasteiger partial charge in [0.05, 0.1) is 6.10 Å². The van der Waals surface area contributed by atoms with E-state index in [-0.39, 0.29) is 6.10 Å². The Hall–Kier alpha value is -0.120. The molecular weight excluding hydrogens is 200 g/mol. The third-order valence-corrected chi connectivity index (χ3v) is 4.01. The van der Waals surface area contributed by atoms with Crippen molar-refractivity contribution in [2.75, 3.05) is 33.2 Å². The second-order valence-electron chi connectivity index (χ2n) is 5.76. The lowest BCUT2D eigenvalue weighted by atomic mass is 9.85. The third kappa shape index (κ3) is 3.72. The van der Waals surface area contributed by atoms with E-state index in [9.17, 15) is 5.11 Å². The highest BCUT2D eigenvalue weighted by atomic mass is 16.3. The highest BCUT2D eigenvalue weighted by Crippen LogP contribution is 2.25. The minimum Gasteiger partial charge on any atom is -0.393 e. The third-order valence-electron chi connectivity index (χ3n) is 4.01. The van der Waals surface area contributed by atoms with Crippen LogP contribution in [0.5, 0.6) is 0 Å². The molecule has 3 heteroatoms. The van der Waals surface area contributed by atoms with Crippen LogP contribution in [0, 0.1) is 11.3 Å². The van der Waals surface area contributed by atoms with Crippen LogP contribution in [0.4, 0.5) is 0 Å². The maximum absolute atomic E-state index is 9.72. The Labute approximate surface area is 100 Å². The maximum Gasteiger partial charge on any atom is 0.0590 e. The first kappa shape index (κ1) is 13.9. The van der Waals surface area contributed by atoms with Gasteiger partial charge in [-0.3, -0.25) is 0 Å². The standard InChI is InChI=1S/C13H28N2O/c1-5-13(3,9-14-4)10-15-7-6-12(16)11(2)8-15/h11-12,14,16H,5-10H2,1-4H3. The van der Waals surface area contributed by atoms with E-state index in [1.807, 2.05) is 7.05 Å². The van der Waals surface area contributed by atoms with Crippen molar-refractivity contribution >= 4 is 0 Å². The molecule has 0 aromatic heterocycles. The summed E-state index contributed by atoms with van der Waals surface area (Å²) in [6, 6.07) is 0. The number of nitrogens with zero attached hydrogens (tertiary/aromatic N) is 1. The lowest BCUT2D eigenvalue weighted by molar-refractivity contribution is 0.0183. The van der Waals surface area contributed by atoms with E-state index in [1.165, 1.54) is 6.42 Å². The van der Waals surface area contributed by atoms with Crippen LogP contribution < -0.4 is 5.32 Å². The lowest BCUT2D eigenvalue weighted by Crippen LogP contribution is -2.48. The Morgan fingerprint density at radius 2 is 2.19 bits per heavy atom. The Kier molecular flexibility index (Phi) is 5.22. The molecule has 16 heavy (non-hydrogen) atoms. The summed E-state index contributed by atoms with van der Waals surface area (Å²) >= 11 is 0. The van der Waals surface area contributed by atoms with Crippen LogP contribution in [0.3, 0.4) is 0 Å². The van der Waals surface area contributed by atoms with E-state index >= 15 is 0 Å². The molecule has 0 bridgehead atoms. The molecule has 1 saturated heterocycles. The highest BCUT2D eigenvalue weighted by Gasteiger charge is 2.29. The molecule has 96 valence electrons. The topological polar surface area (TPSA) is 35.5 Å². The normalized spacial score (nSPS) is 31.3. The lowest BCUT2D eigenvalue weighted by Gasteiger charge is -2.40. The summed E-state index contributed by atoms with van der Waals surface area (Å²) in [4.78, 5) is 2.51. The van der Waals surface area contributed by atoms with Gasteiger partial charge in [-0.05, 0) is 31.2 Å². The molecule has 0 spiro atoms. The predicted octanol–water partition coefficient (Wildman–Crippen LogP) is 1.32. The number of aliphatic hydroxyl groups excluding tert-OH is 1. The van der Waals surface area contributed by atoms with Crippen LogP contribution in [0.25, 0.3) is 0 Å². The van der Waals surface area contributed by atoms with E-state index in [0.29, 0.717) is 11.3 Å². The molecule has 0 amide bonds. The summed E-state index contributed by atoms with van der Waals surface area (Å²) in [5, 5.41) is 13.0. The SMILES string of the molecule is CCC(C)(CNC)CN1CCC(O)C(C)C1. The van der Waals surface area contributed by atoms with Gasteiger partial charge in [0.25, 0.3) is 0 Å². The molecule has 3 nitrogen and oxygen atoms in total. The van der Waals surface area contributed by atoms with Crippen molar-refractivity contribution in [1.82, 2.24) is 10.2 Å². The van der Waals surface area contributed by atoms with Gasteiger partial charge in [0.2, 0.25) is 0 Å². The summed E-state index contributed by atoms with van der Waals surface area (Å²) in [7, 11) is 2.02. The predicted molar refractivity (Wildman–Crippen MR) is 68.6 cm³/mol. The molecule has 3 unspecified atom stereocenters. The zero-order chi connectivity index (χ0) is 12.2. The van der Waals surface area contributed by atoms with Crippen molar-refractivity contribution < 1.29 is 5.11 Å². The van der Waals surface area contributed by atoms with E-state index in [2.05, 4.69) is 31.0 Å². The first-order valence-electron chi connectivity index (χ1n) is 6.56. The van der Waals surface area contributed by atoms with Crippen molar-refractivity contribution in [3.05, 3.63) is 0 Å². The van der Waals surface area contributed by atoms with Gasteiger partial charge in [0.15, 0.2) is 0 Å². The van der Waals surface area contributed by atoms with Gasteiger partial charge < -0.3 is 15.3 Å². The molecule has 2 N–H and O–H groups in total. The van der Waals surface area contributed by atoms with Crippen LogP contribution in [0.2, 0.25) is 0 Å². The minimum absolute atomic E-state index is 0.0894. The fourth-order valence-corrected chi connectivity index (χ4v) is 2.62. The van der Waals surface area contributed by atoms with E-state index in [0.717, 1.165) is 32.6 Å². The van der Waals surface area contributed by atoms with Crippen molar-refractivity contribution in [1.29, 1.82) is 0 Å². The van der Waals surface area contributed by atoms with Crippen molar-refractivity contribution in [3.63, 3.8) is 0 Å². The smallest absolute Gasteiger partial charge is 0.0590 e. The average Bonchev–Trinajstić information content (AvgIpc) is 2.24. The number of nitrogens with one attached hydrogen (secondary N) is 1. The molecule has 1 rings (SSSR count). The summed E-state index contributed by atoms with van der Waals surface area (Å²) in [6.45, 7) is 11.1. The number of hydrogen-bond donors (Lipinski definition) is 2. The van der Waals surface area contributed by atoms with Crippen molar-refractivity contribution in [3.8, 4) is 0 Å². The minimum atomic E-state index is -0.0894. The van der Waals surface area contributed by atoms with E-state index in [1.54, 1.807) is 0 Å². The Balaban J connectivity index is 2.46. The van der Waals surface area contributed by atoms with Crippen LogP contribution in [0.15, 0.2) is 0 Å². The second kappa shape index (κ2) is 5.99. The van der Waals surface area contributed by atoms with Gasteiger partial charge in [0.1, 0.15) is 0 Å². The van der Waals surface area contributed by atoms with Gasteiger partial charge >= 0.3 is 0 Å². The van der Waals surface area contributed by atoms with Crippen molar-refractivity contribution in [2.24, 2.45) is 11.3 Å². The molecule has 1 heterocycles. The molecule has 0 aromatic rings. The highest BCUT2D eigenvalue weighted by molar-refractivity contribution is 4.84. The molecular formula is C13H28N2O. The summed E-state index contributed by atoms with van der Waals surface area (Å²) in [5.41, 5.74) is 0.358. The number of piperidine rings is 1. The van der Waals surface area contributed by atoms with Gasteiger partial charge in [-0.15, -0.1) is 0 Å². The summed E-state index contributed by atoms with van der Waals surface area (Å²) < 4.78 is 0. The maximum atomic E-state index is 9.72. The number of likely N-dealkylation sites (tertiary alicyclic amines) is 1. The molecule has 1 fully saturated rings. The van der Waals surface area contributed by atoms with E-state index in [4.69, 9.17) is 0 Å². The fraction of sp³-hybridized carbons (Fsp3) is 1.00.